The molecule has 6 heteroatoms. The number of nitrogens with zero attached hydrogens (tertiary/aromatic N) is 2. The van der Waals surface area contributed by atoms with E-state index in [0.717, 1.165) is 58.3 Å². The molecular weight excluding hydrogens is 427 g/mol. The quantitative estimate of drug-likeness (QED) is 0.373. The van der Waals surface area contributed by atoms with Gasteiger partial charge in [-0.1, -0.05) is 38.1 Å². The summed E-state index contributed by atoms with van der Waals surface area (Å²) in [5.41, 5.74) is 2.71. The molecule has 0 bridgehead atoms. The van der Waals surface area contributed by atoms with Crippen molar-refractivity contribution in [3.05, 3.63) is 35.4 Å². The predicted molar refractivity (Wildman–Crippen MR) is 116 cm³/mol. The van der Waals surface area contributed by atoms with Gasteiger partial charge >= 0.3 is 0 Å². The van der Waals surface area contributed by atoms with Gasteiger partial charge in [0, 0.05) is 39.8 Å². The first kappa shape index (κ1) is 22.2. The highest BCUT2D eigenvalue weighted by Crippen LogP contribution is 2.13. The largest absolute Gasteiger partial charge is 0.379 e. The van der Waals surface area contributed by atoms with Crippen LogP contribution in [0.4, 0.5) is 0 Å². The maximum absolute atomic E-state index is 5.44. The minimum Gasteiger partial charge on any atom is -0.379 e. The highest BCUT2D eigenvalue weighted by Gasteiger charge is 2.12. The lowest BCUT2D eigenvalue weighted by Gasteiger charge is -2.27. The normalized spacial score (nSPS) is 15.8. The smallest absolute Gasteiger partial charge is 0.191 e. The van der Waals surface area contributed by atoms with Gasteiger partial charge in [-0.25, -0.2) is 0 Å². The van der Waals surface area contributed by atoms with Gasteiger partial charge in [-0.15, -0.1) is 24.0 Å². The average molecular weight is 460 g/mol. The van der Waals surface area contributed by atoms with Crippen LogP contribution < -0.4 is 10.6 Å². The van der Waals surface area contributed by atoms with Crippen molar-refractivity contribution in [2.24, 2.45) is 10.9 Å². The average Bonchev–Trinajstić information content (AvgIpc) is 2.59. The molecule has 0 radical (unpaired) electrons. The maximum Gasteiger partial charge on any atom is 0.191 e. The molecule has 2 rings (SSSR count). The van der Waals surface area contributed by atoms with E-state index in [0.29, 0.717) is 5.92 Å². The second kappa shape index (κ2) is 12.5. The predicted octanol–water partition coefficient (Wildman–Crippen LogP) is 2.85. The number of morpholine rings is 1. The first-order chi connectivity index (χ1) is 11.7. The highest BCUT2D eigenvalue weighted by atomic mass is 127. The number of halogens is 1. The van der Waals surface area contributed by atoms with E-state index in [1.165, 1.54) is 11.1 Å². The van der Waals surface area contributed by atoms with E-state index in [4.69, 9.17) is 4.74 Å². The van der Waals surface area contributed by atoms with E-state index < -0.39 is 0 Å². The van der Waals surface area contributed by atoms with Crippen molar-refractivity contribution >= 4 is 29.9 Å². The summed E-state index contributed by atoms with van der Waals surface area (Å²) in [6.45, 7) is 10.9. The Morgan fingerprint density at radius 1 is 1.16 bits per heavy atom. The Morgan fingerprint density at radius 3 is 2.48 bits per heavy atom. The van der Waals surface area contributed by atoms with Crippen molar-refractivity contribution in [3.8, 4) is 0 Å². The lowest BCUT2D eigenvalue weighted by atomic mass is 10.1. The number of nitrogens with one attached hydrogen (secondary N) is 2. The SMILES string of the molecule is CN=C(NCCC(C)C)NCc1ccccc1CN1CCOCC1.I. The molecule has 0 unspecified atom stereocenters. The number of hydrogen-bond donors (Lipinski definition) is 2. The molecule has 0 aliphatic carbocycles. The maximum atomic E-state index is 5.44. The van der Waals surface area contributed by atoms with Crippen molar-refractivity contribution in [1.29, 1.82) is 0 Å². The van der Waals surface area contributed by atoms with Crippen molar-refractivity contribution in [1.82, 2.24) is 15.5 Å². The second-order valence-corrected chi connectivity index (χ2v) is 6.69. The number of hydrogen-bond acceptors (Lipinski definition) is 3. The topological polar surface area (TPSA) is 48.9 Å². The highest BCUT2D eigenvalue weighted by molar-refractivity contribution is 14.0. The summed E-state index contributed by atoms with van der Waals surface area (Å²) in [6.07, 6.45) is 1.15. The first-order valence-electron chi connectivity index (χ1n) is 9.00. The van der Waals surface area contributed by atoms with E-state index in [9.17, 15) is 0 Å². The Morgan fingerprint density at radius 2 is 1.84 bits per heavy atom. The van der Waals surface area contributed by atoms with Gasteiger partial charge in [0.1, 0.15) is 0 Å². The number of benzene rings is 1. The molecule has 1 fully saturated rings. The summed E-state index contributed by atoms with van der Waals surface area (Å²) in [4.78, 5) is 6.77. The monoisotopic (exact) mass is 460 g/mol. The van der Waals surface area contributed by atoms with Crippen LogP contribution in [0.2, 0.25) is 0 Å². The Bertz CT molecular complexity index is 516. The van der Waals surface area contributed by atoms with Crippen molar-refractivity contribution < 1.29 is 4.74 Å². The molecule has 1 aliphatic heterocycles. The molecule has 1 aromatic rings. The molecule has 2 N–H and O–H groups in total. The minimum atomic E-state index is 0. The van der Waals surface area contributed by atoms with Crippen molar-refractivity contribution in [2.75, 3.05) is 39.9 Å². The molecule has 1 heterocycles. The molecule has 0 spiro atoms. The lowest BCUT2D eigenvalue weighted by molar-refractivity contribution is 0.0341. The fraction of sp³-hybridized carbons (Fsp3) is 0.632. The third-order valence-electron chi connectivity index (χ3n) is 4.30. The van der Waals surface area contributed by atoms with Crippen LogP contribution in [-0.4, -0.2) is 50.8 Å². The Hall–Kier alpha value is -0.860. The van der Waals surface area contributed by atoms with Crippen molar-refractivity contribution in [2.45, 2.75) is 33.4 Å². The Balaban J connectivity index is 0.00000312. The van der Waals surface area contributed by atoms with Crippen LogP contribution in [0.25, 0.3) is 0 Å². The molecule has 1 aliphatic rings. The minimum absolute atomic E-state index is 0. The third kappa shape index (κ3) is 8.37. The van der Waals surface area contributed by atoms with Gasteiger partial charge in [0.25, 0.3) is 0 Å². The summed E-state index contributed by atoms with van der Waals surface area (Å²) in [5, 5.41) is 6.82. The number of aliphatic imine (C=N–C) groups is 1. The molecule has 25 heavy (non-hydrogen) atoms. The summed E-state index contributed by atoms with van der Waals surface area (Å²) in [6, 6.07) is 8.65. The lowest BCUT2D eigenvalue weighted by Crippen LogP contribution is -2.38. The van der Waals surface area contributed by atoms with Crippen LogP contribution in [0.5, 0.6) is 0 Å². The fourth-order valence-corrected chi connectivity index (χ4v) is 2.76. The molecular formula is C19H33IN4O. The zero-order chi connectivity index (χ0) is 17.2. The van der Waals surface area contributed by atoms with Gasteiger partial charge < -0.3 is 15.4 Å². The molecule has 142 valence electrons. The van der Waals surface area contributed by atoms with Crippen LogP contribution in [0.3, 0.4) is 0 Å². The molecule has 0 atom stereocenters. The first-order valence-corrected chi connectivity index (χ1v) is 9.00. The van der Waals surface area contributed by atoms with Crippen LogP contribution in [0.15, 0.2) is 29.3 Å². The van der Waals surface area contributed by atoms with Gasteiger partial charge in [-0.2, -0.15) is 0 Å². The summed E-state index contributed by atoms with van der Waals surface area (Å²) in [5.74, 6) is 1.57. The van der Waals surface area contributed by atoms with Crippen LogP contribution in [0.1, 0.15) is 31.4 Å². The van der Waals surface area contributed by atoms with Gasteiger partial charge in [-0.3, -0.25) is 9.89 Å². The van der Waals surface area contributed by atoms with Crippen molar-refractivity contribution in [3.63, 3.8) is 0 Å². The number of guanidine groups is 1. The van der Waals surface area contributed by atoms with E-state index in [1.807, 2.05) is 7.05 Å². The summed E-state index contributed by atoms with van der Waals surface area (Å²) in [7, 11) is 1.82. The van der Waals surface area contributed by atoms with E-state index >= 15 is 0 Å². The molecule has 0 amide bonds. The Labute approximate surface area is 169 Å². The zero-order valence-corrected chi connectivity index (χ0v) is 18.1. The second-order valence-electron chi connectivity index (χ2n) is 6.69. The number of rotatable bonds is 7. The molecule has 0 aromatic heterocycles. The number of ether oxygens (including phenoxy) is 1. The van der Waals surface area contributed by atoms with E-state index in [2.05, 4.69) is 58.6 Å². The van der Waals surface area contributed by atoms with Gasteiger partial charge in [0.2, 0.25) is 0 Å². The summed E-state index contributed by atoms with van der Waals surface area (Å²) < 4.78 is 5.44. The van der Waals surface area contributed by atoms with Gasteiger partial charge in [-0.05, 0) is 23.5 Å². The molecule has 1 saturated heterocycles. The van der Waals surface area contributed by atoms with Crippen LogP contribution >= 0.6 is 24.0 Å². The van der Waals surface area contributed by atoms with Gasteiger partial charge in [0.15, 0.2) is 5.96 Å². The molecule has 0 saturated carbocycles. The van der Waals surface area contributed by atoms with E-state index in [-0.39, 0.29) is 24.0 Å². The van der Waals surface area contributed by atoms with Crippen LogP contribution in [0, 0.1) is 5.92 Å². The van der Waals surface area contributed by atoms with Gasteiger partial charge in [0.05, 0.1) is 13.2 Å². The zero-order valence-electron chi connectivity index (χ0n) is 15.8. The van der Waals surface area contributed by atoms with E-state index in [1.54, 1.807) is 0 Å². The molecule has 5 nitrogen and oxygen atoms in total. The molecule has 1 aromatic carbocycles. The Kier molecular flexibility index (Phi) is 11.1. The summed E-state index contributed by atoms with van der Waals surface area (Å²) >= 11 is 0. The standard InChI is InChI=1S/C19H32N4O.HI/c1-16(2)8-9-21-19(20-3)22-14-17-6-4-5-7-18(17)15-23-10-12-24-13-11-23;/h4-7,16H,8-15H2,1-3H3,(H2,20,21,22);1H. The fourth-order valence-electron chi connectivity index (χ4n) is 2.76. The third-order valence-corrected chi connectivity index (χ3v) is 4.30. The van der Waals surface area contributed by atoms with Crippen LogP contribution in [-0.2, 0) is 17.8 Å².